The van der Waals surface area contributed by atoms with Crippen LogP contribution < -0.4 is 10.5 Å². The van der Waals surface area contributed by atoms with Gasteiger partial charge < -0.3 is 10.5 Å². The minimum atomic E-state index is -0.549. The number of hydrogen-bond donors (Lipinski definition) is 1. The molecule has 0 aliphatic carbocycles. The number of nitrogen functional groups attached to an aromatic ring is 1. The first kappa shape index (κ1) is 13.5. The molecule has 1 aromatic heterocycles. The molecule has 2 N–H and O–H groups in total. The van der Waals surface area contributed by atoms with Gasteiger partial charge in [-0.05, 0) is 18.1 Å². The molecule has 0 saturated carbocycles. The molecule has 1 aromatic carbocycles. The molecular formula is C13H13ClFN3O. The van der Waals surface area contributed by atoms with Gasteiger partial charge in [-0.2, -0.15) is 0 Å². The Morgan fingerprint density at radius 1 is 1.32 bits per heavy atom. The van der Waals surface area contributed by atoms with E-state index in [2.05, 4.69) is 9.97 Å². The maximum atomic E-state index is 13.4. The summed E-state index contributed by atoms with van der Waals surface area (Å²) >= 11 is 5.61. The standard InChI is InChI=1S/C13H13ClFN3O/c1-7(2)11-12(16)17-6-18-13(11)19-8-3-4-9(14)10(15)5-8/h3-7H,1-2H3,(H2,16,17,18). The summed E-state index contributed by atoms with van der Waals surface area (Å²) in [4.78, 5) is 7.97. The first-order chi connectivity index (χ1) is 8.99. The fourth-order valence-electron chi connectivity index (χ4n) is 1.67. The van der Waals surface area contributed by atoms with Crippen molar-refractivity contribution < 1.29 is 9.13 Å². The van der Waals surface area contributed by atoms with Gasteiger partial charge in [-0.15, -0.1) is 0 Å². The van der Waals surface area contributed by atoms with E-state index in [1.807, 2.05) is 13.8 Å². The second-order valence-electron chi connectivity index (χ2n) is 4.31. The van der Waals surface area contributed by atoms with Crippen molar-refractivity contribution in [1.82, 2.24) is 9.97 Å². The number of nitrogens with zero attached hydrogens (tertiary/aromatic N) is 2. The number of halogens is 2. The van der Waals surface area contributed by atoms with Crippen molar-refractivity contribution in [2.45, 2.75) is 19.8 Å². The normalized spacial score (nSPS) is 10.8. The third kappa shape index (κ3) is 2.93. The predicted molar refractivity (Wildman–Crippen MR) is 72.0 cm³/mol. The zero-order valence-corrected chi connectivity index (χ0v) is 11.3. The Morgan fingerprint density at radius 2 is 2.05 bits per heavy atom. The average Bonchev–Trinajstić information content (AvgIpc) is 2.33. The lowest BCUT2D eigenvalue weighted by Crippen LogP contribution is -2.04. The van der Waals surface area contributed by atoms with Crippen LogP contribution in [0.4, 0.5) is 10.2 Å². The summed E-state index contributed by atoms with van der Waals surface area (Å²) in [5.41, 5.74) is 6.50. The van der Waals surface area contributed by atoms with Crippen LogP contribution in [0.15, 0.2) is 24.5 Å². The Morgan fingerprint density at radius 3 is 2.68 bits per heavy atom. The molecule has 6 heteroatoms. The van der Waals surface area contributed by atoms with Gasteiger partial charge in [-0.1, -0.05) is 25.4 Å². The van der Waals surface area contributed by atoms with E-state index < -0.39 is 5.82 Å². The Labute approximate surface area is 115 Å². The number of aromatic nitrogens is 2. The fourth-order valence-corrected chi connectivity index (χ4v) is 1.79. The van der Waals surface area contributed by atoms with E-state index in [1.165, 1.54) is 18.5 Å². The zero-order chi connectivity index (χ0) is 14.0. The Kier molecular flexibility index (Phi) is 3.85. The molecule has 2 rings (SSSR count). The molecule has 0 aliphatic heterocycles. The van der Waals surface area contributed by atoms with E-state index in [1.54, 1.807) is 6.07 Å². The van der Waals surface area contributed by atoms with Crippen molar-refractivity contribution in [3.05, 3.63) is 40.9 Å². The third-order valence-electron chi connectivity index (χ3n) is 2.56. The molecule has 0 bridgehead atoms. The Bertz CT molecular complexity index is 604. The molecule has 0 fully saturated rings. The second-order valence-corrected chi connectivity index (χ2v) is 4.72. The van der Waals surface area contributed by atoms with Gasteiger partial charge in [0.05, 0.1) is 10.6 Å². The van der Waals surface area contributed by atoms with Gasteiger partial charge in [0.25, 0.3) is 0 Å². The van der Waals surface area contributed by atoms with Crippen LogP contribution in [-0.4, -0.2) is 9.97 Å². The summed E-state index contributed by atoms with van der Waals surface area (Å²) in [7, 11) is 0. The van der Waals surface area contributed by atoms with Crippen molar-refractivity contribution >= 4 is 17.4 Å². The molecule has 0 saturated heterocycles. The maximum absolute atomic E-state index is 13.4. The van der Waals surface area contributed by atoms with Crippen molar-refractivity contribution in [2.24, 2.45) is 0 Å². The van der Waals surface area contributed by atoms with E-state index in [0.29, 0.717) is 23.0 Å². The number of nitrogens with two attached hydrogens (primary N) is 1. The fraction of sp³-hybridized carbons (Fsp3) is 0.231. The lowest BCUT2D eigenvalue weighted by molar-refractivity contribution is 0.448. The molecule has 19 heavy (non-hydrogen) atoms. The molecule has 0 atom stereocenters. The summed E-state index contributed by atoms with van der Waals surface area (Å²) in [5.74, 6) is 0.529. The smallest absolute Gasteiger partial charge is 0.227 e. The van der Waals surface area contributed by atoms with Crippen LogP contribution in [0.25, 0.3) is 0 Å². The lowest BCUT2D eigenvalue weighted by atomic mass is 10.1. The molecule has 100 valence electrons. The highest BCUT2D eigenvalue weighted by Crippen LogP contribution is 2.32. The molecule has 0 spiro atoms. The van der Waals surface area contributed by atoms with E-state index in [4.69, 9.17) is 22.1 Å². The Balaban J connectivity index is 2.38. The summed E-state index contributed by atoms with van der Waals surface area (Å²) in [6.07, 6.45) is 1.31. The van der Waals surface area contributed by atoms with E-state index >= 15 is 0 Å². The van der Waals surface area contributed by atoms with Gasteiger partial charge in [0.1, 0.15) is 23.7 Å². The number of ether oxygens (including phenoxy) is 1. The van der Waals surface area contributed by atoms with Crippen LogP contribution in [0, 0.1) is 5.82 Å². The van der Waals surface area contributed by atoms with E-state index in [0.717, 1.165) is 0 Å². The first-order valence-corrected chi connectivity index (χ1v) is 6.10. The molecule has 4 nitrogen and oxygen atoms in total. The molecule has 2 aromatic rings. The largest absolute Gasteiger partial charge is 0.438 e. The SMILES string of the molecule is CC(C)c1c(N)ncnc1Oc1ccc(Cl)c(F)c1. The molecule has 0 radical (unpaired) electrons. The highest BCUT2D eigenvalue weighted by atomic mass is 35.5. The van der Waals surface area contributed by atoms with Crippen LogP contribution in [0.1, 0.15) is 25.3 Å². The number of hydrogen-bond acceptors (Lipinski definition) is 4. The number of anilines is 1. The molecule has 1 heterocycles. The summed E-state index contributed by atoms with van der Waals surface area (Å²) in [6, 6.07) is 4.18. The summed E-state index contributed by atoms with van der Waals surface area (Å²) in [5, 5.41) is 0.0404. The van der Waals surface area contributed by atoms with E-state index in [-0.39, 0.29) is 10.9 Å². The maximum Gasteiger partial charge on any atom is 0.227 e. The van der Waals surface area contributed by atoms with Crippen LogP contribution in [-0.2, 0) is 0 Å². The first-order valence-electron chi connectivity index (χ1n) is 5.72. The van der Waals surface area contributed by atoms with Crippen molar-refractivity contribution in [3.8, 4) is 11.6 Å². The van der Waals surface area contributed by atoms with Crippen molar-refractivity contribution in [1.29, 1.82) is 0 Å². The molecule has 0 amide bonds. The zero-order valence-electron chi connectivity index (χ0n) is 10.5. The minimum absolute atomic E-state index is 0.0404. The third-order valence-corrected chi connectivity index (χ3v) is 2.87. The minimum Gasteiger partial charge on any atom is -0.438 e. The van der Waals surface area contributed by atoms with Gasteiger partial charge in [-0.3, -0.25) is 0 Å². The lowest BCUT2D eigenvalue weighted by Gasteiger charge is -2.13. The number of benzene rings is 1. The van der Waals surface area contributed by atoms with Gasteiger partial charge in [0.2, 0.25) is 5.88 Å². The predicted octanol–water partition coefficient (Wildman–Crippen LogP) is 3.77. The topological polar surface area (TPSA) is 61.0 Å². The van der Waals surface area contributed by atoms with Crippen LogP contribution in [0.5, 0.6) is 11.6 Å². The highest BCUT2D eigenvalue weighted by Gasteiger charge is 2.15. The van der Waals surface area contributed by atoms with E-state index in [9.17, 15) is 4.39 Å². The quantitative estimate of drug-likeness (QED) is 0.930. The monoisotopic (exact) mass is 281 g/mol. The summed E-state index contributed by atoms with van der Waals surface area (Å²) in [6.45, 7) is 3.90. The van der Waals surface area contributed by atoms with Gasteiger partial charge >= 0.3 is 0 Å². The summed E-state index contributed by atoms with van der Waals surface area (Å²) < 4.78 is 18.9. The second kappa shape index (κ2) is 5.40. The molecule has 0 unspecified atom stereocenters. The van der Waals surface area contributed by atoms with Gasteiger partial charge in [-0.25, -0.2) is 14.4 Å². The average molecular weight is 282 g/mol. The van der Waals surface area contributed by atoms with Crippen LogP contribution in [0.2, 0.25) is 5.02 Å². The number of rotatable bonds is 3. The van der Waals surface area contributed by atoms with Crippen molar-refractivity contribution in [2.75, 3.05) is 5.73 Å². The Hall–Kier alpha value is -1.88. The van der Waals surface area contributed by atoms with Crippen molar-refractivity contribution in [3.63, 3.8) is 0 Å². The van der Waals surface area contributed by atoms with Crippen LogP contribution >= 0.6 is 11.6 Å². The van der Waals surface area contributed by atoms with Crippen LogP contribution in [0.3, 0.4) is 0 Å². The highest BCUT2D eigenvalue weighted by molar-refractivity contribution is 6.30. The molecule has 0 aliphatic rings. The van der Waals surface area contributed by atoms with Gasteiger partial charge in [0, 0.05) is 6.07 Å². The molecular weight excluding hydrogens is 269 g/mol. The van der Waals surface area contributed by atoms with Gasteiger partial charge in [0.15, 0.2) is 0 Å².